The highest BCUT2D eigenvalue weighted by atomic mass is 17.2. The average Bonchev–Trinajstić information content (AvgIpc) is 2.44. The number of nitriles is 1. The van der Waals surface area contributed by atoms with Crippen molar-refractivity contribution in [2.45, 2.75) is 60.0 Å². The Morgan fingerprint density at radius 1 is 1.47 bits per heavy atom. The van der Waals surface area contributed by atoms with Crippen molar-refractivity contribution in [2.24, 2.45) is 11.8 Å². The van der Waals surface area contributed by atoms with E-state index in [9.17, 15) is 0 Å². The highest BCUT2D eigenvalue weighted by molar-refractivity contribution is 5.25. The van der Waals surface area contributed by atoms with E-state index in [-0.39, 0.29) is 6.10 Å². The van der Waals surface area contributed by atoms with Gasteiger partial charge in [0.05, 0.1) is 0 Å². The molecule has 0 N–H and O–H groups in total. The predicted octanol–water partition coefficient (Wildman–Crippen LogP) is 4.77. The minimum Gasteiger partial charge on any atom is -0.254 e. The molecule has 0 bridgehead atoms. The molecule has 108 valence electrons. The Kier molecular flexibility index (Phi) is 9.92. The van der Waals surface area contributed by atoms with E-state index in [1.165, 1.54) is 5.57 Å². The molecule has 0 amide bonds. The lowest BCUT2D eigenvalue weighted by Gasteiger charge is -2.32. The summed E-state index contributed by atoms with van der Waals surface area (Å²) in [6, 6.07) is 0. The summed E-state index contributed by atoms with van der Waals surface area (Å²) in [7, 11) is 0. The number of allylic oxidation sites excluding steroid dienone is 3. The van der Waals surface area contributed by atoms with Crippen molar-refractivity contribution < 1.29 is 9.78 Å². The summed E-state index contributed by atoms with van der Waals surface area (Å²) in [5.74, 6) is 0.773. The molecule has 3 heteroatoms. The summed E-state index contributed by atoms with van der Waals surface area (Å²) < 4.78 is 0. The molecule has 0 aromatic rings. The second-order valence-electron chi connectivity index (χ2n) is 4.67. The predicted molar refractivity (Wildman–Crippen MR) is 78.0 cm³/mol. The Morgan fingerprint density at radius 3 is 2.68 bits per heavy atom. The minimum absolute atomic E-state index is 0.0174. The van der Waals surface area contributed by atoms with Crippen LogP contribution in [0.4, 0.5) is 0 Å². The van der Waals surface area contributed by atoms with Crippen molar-refractivity contribution in [3.8, 4) is 6.26 Å². The van der Waals surface area contributed by atoms with Crippen LogP contribution in [-0.2, 0) is 9.78 Å². The molecule has 1 aliphatic rings. The second kappa shape index (κ2) is 10.6. The van der Waals surface area contributed by atoms with Crippen molar-refractivity contribution in [2.75, 3.05) is 0 Å². The fourth-order valence-corrected chi connectivity index (χ4v) is 2.38. The van der Waals surface area contributed by atoms with Crippen LogP contribution in [0, 0.1) is 23.4 Å². The van der Waals surface area contributed by atoms with Crippen LogP contribution in [-0.4, -0.2) is 6.10 Å². The van der Waals surface area contributed by atoms with Gasteiger partial charge in [-0.1, -0.05) is 52.8 Å². The molecule has 0 heterocycles. The van der Waals surface area contributed by atoms with Crippen LogP contribution in [0.5, 0.6) is 0 Å². The Morgan fingerprint density at radius 2 is 2.16 bits per heavy atom. The molecule has 1 rings (SSSR count). The van der Waals surface area contributed by atoms with Gasteiger partial charge in [0.25, 0.3) is 0 Å². The zero-order valence-electron chi connectivity index (χ0n) is 12.8. The molecule has 0 fully saturated rings. The Bertz CT molecular complexity index is 326. The number of hydrogen-bond donors (Lipinski definition) is 0. The van der Waals surface area contributed by atoms with Crippen molar-refractivity contribution in [1.29, 1.82) is 5.26 Å². The zero-order chi connectivity index (χ0) is 14.7. The van der Waals surface area contributed by atoms with Gasteiger partial charge in [0.1, 0.15) is 6.10 Å². The van der Waals surface area contributed by atoms with Crippen molar-refractivity contribution in [3.63, 3.8) is 0 Å². The van der Waals surface area contributed by atoms with Crippen molar-refractivity contribution in [1.82, 2.24) is 0 Å². The molecule has 0 aromatic carbocycles. The van der Waals surface area contributed by atoms with Gasteiger partial charge in [-0.2, -0.15) is 4.89 Å². The highest BCUT2D eigenvalue weighted by Gasteiger charge is 2.31. The molecule has 3 nitrogen and oxygen atoms in total. The first-order chi connectivity index (χ1) is 9.20. The van der Waals surface area contributed by atoms with Gasteiger partial charge in [0.15, 0.2) is 0 Å². The van der Waals surface area contributed by atoms with E-state index >= 15 is 0 Å². The summed E-state index contributed by atoms with van der Waals surface area (Å²) >= 11 is 0. The molecular weight excluding hydrogens is 238 g/mol. The molecule has 0 saturated heterocycles. The standard InChI is InChI=1S/C14H21NO2.C2H6/c1-4-5-7-12-8-6-9-13(17-16-10-15)14(12)11(2)3;1-2/h5,7-8,11,13-14H,4,6,9H2,1-3H3;1-2H3/b7-5-;. The first-order valence-electron chi connectivity index (χ1n) is 7.28. The molecular formula is C16H27NO2. The maximum Gasteiger partial charge on any atom is 0.324 e. The van der Waals surface area contributed by atoms with Crippen LogP contribution in [0.2, 0.25) is 0 Å². The van der Waals surface area contributed by atoms with E-state index < -0.39 is 0 Å². The van der Waals surface area contributed by atoms with E-state index in [2.05, 4.69) is 43.9 Å². The molecule has 0 aliphatic heterocycles. The Labute approximate surface area is 117 Å². The molecule has 2 atom stereocenters. The van der Waals surface area contributed by atoms with Crippen LogP contribution < -0.4 is 0 Å². The van der Waals surface area contributed by atoms with Crippen LogP contribution >= 0.6 is 0 Å². The van der Waals surface area contributed by atoms with Crippen LogP contribution in [0.15, 0.2) is 23.8 Å². The molecule has 1 aliphatic carbocycles. The lowest BCUT2D eigenvalue weighted by molar-refractivity contribution is -0.287. The topological polar surface area (TPSA) is 42.2 Å². The maximum absolute atomic E-state index is 8.40. The summed E-state index contributed by atoms with van der Waals surface area (Å²) in [6.45, 7) is 10.5. The molecule has 0 spiro atoms. The van der Waals surface area contributed by atoms with E-state index in [1.54, 1.807) is 6.26 Å². The fourth-order valence-electron chi connectivity index (χ4n) is 2.38. The first kappa shape index (κ1) is 17.7. The maximum atomic E-state index is 8.40. The minimum atomic E-state index is -0.0174. The SMILES string of the molecule is CC.CC/C=C\C1=CCCC(OOC#N)C1C(C)C. The van der Waals surface area contributed by atoms with Gasteiger partial charge < -0.3 is 0 Å². The first-order valence-corrected chi connectivity index (χ1v) is 7.28. The van der Waals surface area contributed by atoms with Gasteiger partial charge >= 0.3 is 6.26 Å². The van der Waals surface area contributed by atoms with Gasteiger partial charge in [-0.15, -0.1) is 5.26 Å². The molecule has 0 saturated carbocycles. The average molecular weight is 265 g/mol. The summed E-state index contributed by atoms with van der Waals surface area (Å²) in [6.07, 6.45) is 11.1. The summed E-state index contributed by atoms with van der Waals surface area (Å²) in [5.41, 5.74) is 1.31. The smallest absolute Gasteiger partial charge is 0.254 e. The third-order valence-electron chi connectivity index (χ3n) is 3.09. The third kappa shape index (κ3) is 5.94. The van der Waals surface area contributed by atoms with Crippen LogP contribution in [0.25, 0.3) is 0 Å². The third-order valence-corrected chi connectivity index (χ3v) is 3.09. The summed E-state index contributed by atoms with van der Waals surface area (Å²) in [4.78, 5) is 9.64. The van der Waals surface area contributed by atoms with Crippen LogP contribution in [0.3, 0.4) is 0 Å². The Balaban J connectivity index is 0.00000154. The fraction of sp³-hybridized carbons (Fsp3) is 0.688. The van der Waals surface area contributed by atoms with E-state index in [1.807, 2.05) is 13.8 Å². The monoisotopic (exact) mass is 265 g/mol. The van der Waals surface area contributed by atoms with Crippen molar-refractivity contribution in [3.05, 3.63) is 23.8 Å². The van der Waals surface area contributed by atoms with E-state index in [0.29, 0.717) is 11.8 Å². The van der Waals surface area contributed by atoms with Gasteiger partial charge in [-0.3, -0.25) is 4.89 Å². The van der Waals surface area contributed by atoms with E-state index in [0.717, 1.165) is 19.3 Å². The highest BCUT2D eigenvalue weighted by Crippen LogP contribution is 2.34. The molecule has 0 aromatic heterocycles. The van der Waals surface area contributed by atoms with Crippen molar-refractivity contribution >= 4 is 0 Å². The van der Waals surface area contributed by atoms with Crippen LogP contribution in [0.1, 0.15) is 53.9 Å². The van der Waals surface area contributed by atoms with E-state index in [4.69, 9.17) is 10.1 Å². The number of nitrogens with zero attached hydrogens (tertiary/aromatic N) is 1. The molecule has 19 heavy (non-hydrogen) atoms. The lowest BCUT2D eigenvalue weighted by Crippen LogP contribution is -2.31. The zero-order valence-corrected chi connectivity index (χ0v) is 12.8. The van der Waals surface area contributed by atoms with Gasteiger partial charge in [-0.05, 0) is 30.8 Å². The number of hydrogen-bond acceptors (Lipinski definition) is 3. The van der Waals surface area contributed by atoms with Gasteiger partial charge in [0, 0.05) is 5.92 Å². The van der Waals surface area contributed by atoms with Gasteiger partial charge in [-0.25, -0.2) is 0 Å². The number of rotatable bonds is 5. The Hall–Kier alpha value is -1.27. The largest absolute Gasteiger partial charge is 0.324 e. The van der Waals surface area contributed by atoms with Gasteiger partial charge in [0.2, 0.25) is 0 Å². The molecule has 0 radical (unpaired) electrons. The second-order valence-corrected chi connectivity index (χ2v) is 4.67. The lowest BCUT2D eigenvalue weighted by atomic mass is 9.78. The normalized spacial score (nSPS) is 22.5. The molecule has 2 unspecified atom stereocenters. The quantitative estimate of drug-likeness (QED) is 0.408. The summed E-state index contributed by atoms with van der Waals surface area (Å²) in [5, 5.41) is 8.40.